The van der Waals surface area contributed by atoms with Crippen molar-refractivity contribution in [3.63, 3.8) is 0 Å². The van der Waals surface area contributed by atoms with Gasteiger partial charge in [-0.1, -0.05) is 11.6 Å². The molecule has 0 saturated carbocycles. The maximum absolute atomic E-state index is 12.4. The number of aliphatic hydroxyl groups is 1. The number of amides is 1. The summed E-state index contributed by atoms with van der Waals surface area (Å²) in [5, 5.41) is 23.2. The Kier molecular flexibility index (Phi) is 5.62. The smallest absolute Gasteiger partial charge is 0.311 e. The van der Waals surface area contributed by atoms with E-state index in [9.17, 15) is 14.9 Å². The molecule has 0 saturated heterocycles. The number of benzene rings is 2. The molecule has 0 aliphatic heterocycles. The minimum Gasteiger partial charge on any atom is -0.490 e. The van der Waals surface area contributed by atoms with E-state index in [4.69, 9.17) is 25.9 Å². The molecule has 2 aromatic carbocycles. The Morgan fingerprint density at radius 3 is 2.64 bits per heavy atom. The average Bonchev–Trinajstić information content (AvgIpc) is 3.16. The number of halogens is 1. The quantitative estimate of drug-likeness (QED) is 0.470. The normalized spacial score (nSPS) is 10.5. The van der Waals surface area contributed by atoms with Crippen LogP contribution in [0.3, 0.4) is 0 Å². The summed E-state index contributed by atoms with van der Waals surface area (Å²) in [7, 11) is 1.31. The molecule has 0 bridgehead atoms. The summed E-state index contributed by atoms with van der Waals surface area (Å²) in [6, 6.07) is 12.1. The summed E-state index contributed by atoms with van der Waals surface area (Å²) < 4.78 is 10.4. The van der Waals surface area contributed by atoms with Gasteiger partial charge in [-0.2, -0.15) is 0 Å². The summed E-state index contributed by atoms with van der Waals surface area (Å²) in [5.74, 6) is 0.423. The van der Waals surface area contributed by atoms with Crippen molar-refractivity contribution < 1.29 is 24.0 Å². The van der Waals surface area contributed by atoms with E-state index in [1.165, 1.54) is 25.3 Å². The van der Waals surface area contributed by atoms with Gasteiger partial charge in [0.1, 0.15) is 18.1 Å². The van der Waals surface area contributed by atoms with E-state index >= 15 is 0 Å². The van der Waals surface area contributed by atoms with Gasteiger partial charge in [-0.25, -0.2) is 0 Å². The molecule has 2 N–H and O–H groups in total. The first kappa shape index (κ1) is 19.4. The largest absolute Gasteiger partial charge is 0.490 e. The molecule has 0 radical (unpaired) electrons. The highest BCUT2D eigenvalue weighted by Gasteiger charge is 2.18. The molecule has 144 valence electrons. The molecule has 9 heteroatoms. The summed E-state index contributed by atoms with van der Waals surface area (Å²) in [4.78, 5) is 22.9. The minimum atomic E-state index is -0.620. The van der Waals surface area contributed by atoms with Gasteiger partial charge >= 0.3 is 5.69 Å². The Bertz CT molecular complexity index is 1050. The monoisotopic (exact) mass is 402 g/mol. The second kappa shape index (κ2) is 8.12. The van der Waals surface area contributed by atoms with Gasteiger partial charge in [0.25, 0.3) is 5.91 Å². The van der Waals surface area contributed by atoms with E-state index in [-0.39, 0.29) is 23.6 Å². The van der Waals surface area contributed by atoms with Crippen molar-refractivity contribution in [2.24, 2.45) is 0 Å². The van der Waals surface area contributed by atoms with E-state index in [1.54, 1.807) is 24.3 Å². The summed E-state index contributed by atoms with van der Waals surface area (Å²) in [6.07, 6.45) is 0. The molecule has 1 heterocycles. The number of carbonyl (C=O) groups is 1. The fourth-order valence-electron chi connectivity index (χ4n) is 2.58. The van der Waals surface area contributed by atoms with Crippen molar-refractivity contribution >= 4 is 28.9 Å². The number of methoxy groups -OCH3 is 1. The van der Waals surface area contributed by atoms with Gasteiger partial charge < -0.3 is 19.6 Å². The molecule has 1 amide bonds. The highest BCUT2D eigenvalue weighted by atomic mass is 35.5. The molecule has 0 spiro atoms. The number of carbonyl (C=O) groups excluding carboxylic acids is 1. The second-order valence-electron chi connectivity index (χ2n) is 5.72. The van der Waals surface area contributed by atoms with Crippen molar-refractivity contribution in [3.05, 3.63) is 75.0 Å². The van der Waals surface area contributed by atoms with Crippen molar-refractivity contribution in [2.45, 2.75) is 6.61 Å². The Balaban J connectivity index is 1.82. The Hall–Kier alpha value is -3.36. The Morgan fingerprint density at radius 1 is 1.25 bits per heavy atom. The molecule has 0 atom stereocenters. The topological polar surface area (TPSA) is 115 Å². The predicted octanol–water partition coefficient (Wildman–Crippen LogP) is 4.26. The Labute approximate surface area is 164 Å². The highest BCUT2D eigenvalue weighted by molar-refractivity contribution is 6.33. The van der Waals surface area contributed by atoms with Gasteiger partial charge in [-0.3, -0.25) is 14.9 Å². The zero-order valence-corrected chi connectivity index (χ0v) is 15.4. The number of aliphatic hydroxyl groups excluding tert-OH is 1. The van der Waals surface area contributed by atoms with Gasteiger partial charge in [-0.15, -0.1) is 0 Å². The maximum Gasteiger partial charge on any atom is 0.311 e. The van der Waals surface area contributed by atoms with Crippen LogP contribution in [0.2, 0.25) is 5.02 Å². The fraction of sp³-hybridized carbons (Fsp3) is 0.105. The van der Waals surface area contributed by atoms with Gasteiger partial charge in [0, 0.05) is 22.9 Å². The van der Waals surface area contributed by atoms with Crippen molar-refractivity contribution in [1.29, 1.82) is 0 Å². The third-order valence-corrected chi connectivity index (χ3v) is 4.26. The van der Waals surface area contributed by atoms with E-state index in [2.05, 4.69) is 5.32 Å². The van der Waals surface area contributed by atoms with Crippen molar-refractivity contribution in [1.82, 2.24) is 0 Å². The molecule has 0 unspecified atom stereocenters. The lowest BCUT2D eigenvalue weighted by molar-refractivity contribution is -0.385. The van der Waals surface area contributed by atoms with E-state index in [0.29, 0.717) is 27.8 Å². The molecule has 3 aromatic rings. The lowest BCUT2D eigenvalue weighted by atomic mass is 10.1. The van der Waals surface area contributed by atoms with Crippen LogP contribution in [0, 0.1) is 10.1 Å². The van der Waals surface area contributed by atoms with Crippen molar-refractivity contribution in [2.75, 3.05) is 12.4 Å². The number of anilines is 1. The van der Waals surface area contributed by atoms with Crippen LogP contribution in [0.5, 0.6) is 5.75 Å². The fourth-order valence-corrected chi connectivity index (χ4v) is 2.85. The van der Waals surface area contributed by atoms with Gasteiger partial charge in [0.2, 0.25) is 0 Å². The molecular weight excluding hydrogens is 388 g/mol. The Morgan fingerprint density at radius 2 is 2.04 bits per heavy atom. The van der Waals surface area contributed by atoms with E-state index in [0.717, 1.165) is 6.07 Å². The summed E-state index contributed by atoms with van der Waals surface area (Å²) in [5.41, 5.74) is 0.804. The van der Waals surface area contributed by atoms with E-state index < -0.39 is 10.8 Å². The van der Waals surface area contributed by atoms with Crippen molar-refractivity contribution in [3.8, 4) is 17.1 Å². The highest BCUT2D eigenvalue weighted by Crippen LogP contribution is 2.32. The van der Waals surface area contributed by atoms with Gasteiger partial charge in [-0.05, 0) is 42.5 Å². The average molecular weight is 403 g/mol. The zero-order chi connectivity index (χ0) is 20.3. The number of ether oxygens (including phenoxy) is 1. The number of furan rings is 1. The lowest BCUT2D eigenvalue weighted by Crippen LogP contribution is -2.12. The number of rotatable bonds is 6. The SMILES string of the molecule is COc1ccc(C(=O)Nc2ccc(-c3ccc(CO)o3)c(Cl)c2)cc1[N+](=O)[O-]. The molecule has 8 nitrogen and oxygen atoms in total. The van der Waals surface area contributed by atoms with Gasteiger partial charge in [0.05, 0.1) is 17.1 Å². The number of nitro benzene ring substituents is 1. The number of hydrogen-bond donors (Lipinski definition) is 2. The summed E-state index contributed by atoms with van der Waals surface area (Å²) in [6.45, 7) is -0.222. The first-order valence-electron chi connectivity index (χ1n) is 8.06. The van der Waals surface area contributed by atoms with Crippen LogP contribution in [0.25, 0.3) is 11.3 Å². The van der Waals surface area contributed by atoms with Crippen LogP contribution in [-0.4, -0.2) is 23.0 Å². The molecule has 3 rings (SSSR count). The third kappa shape index (κ3) is 3.98. The van der Waals surface area contributed by atoms with Gasteiger partial charge in [0.15, 0.2) is 5.75 Å². The third-order valence-electron chi connectivity index (χ3n) is 3.95. The number of nitrogens with one attached hydrogen (secondary N) is 1. The predicted molar refractivity (Wildman–Crippen MR) is 103 cm³/mol. The second-order valence-corrected chi connectivity index (χ2v) is 6.12. The van der Waals surface area contributed by atoms with E-state index in [1.807, 2.05) is 0 Å². The van der Waals surface area contributed by atoms with Crippen LogP contribution in [0.1, 0.15) is 16.1 Å². The first-order chi connectivity index (χ1) is 13.4. The molecule has 0 aliphatic rings. The molecular formula is C19H15ClN2O6. The van der Waals surface area contributed by atoms with Crippen LogP contribution in [0.15, 0.2) is 52.9 Å². The summed E-state index contributed by atoms with van der Waals surface area (Å²) >= 11 is 6.27. The van der Waals surface area contributed by atoms with Crippen LogP contribution in [-0.2, 0) is 6.61 Å². The van der Waals surface area contributed by atoms with Crippen LogP contribution in [0.4, 0.5) is 11.4 Å². The number of hydrogen-bond acceptors (Lipinski definition) is 6. The number of nitrogens with zero attached hydrogens (tertiary/aromatic N) is 1. The molecule has 0 aliphatic carbocycles. The molecule has 1 aromatic heterocycles. The molecule has 28 heavy (non-hydrogen) atoms. The number of nitro groups is 1. The zero-order valence-electron chi connectivity index (χ0n) is 14.6. The first-order valence-corrected chi connectivity index (χ1v) is 8.44. The molecule has 0 fully saturated rings. The van der Waals surface area contributed by atoms with Crippen LogP contribution >= 0.6 is 11.6 Å². The minimum absolute atomic E-state index is 0.0645. The standard InChI is InChI=1S/C19H15ClN2O6/c1-27-18-6-2-11(8-16(18)22(25)26)19(24)21-12-3-5-14(15(20)9-12)17-7-4-13(10-23)28-17/h2-9,23H,10H2,1H3,(H,21,24). The lowest BCUT2D eigenvalue weighted by Gasteiger charge is -2.09. The maximum atomic E-state index is 12.4. The van der Waals surface area contributed by atoms with Crippen LogP contribution < -0.4 is 10.1 Å².